The van der Waals surface area contributed by atoms with E-state index < -0.39 is 46.2 Å². The largest absolute Gasteiger partial charge is 0.416 e. The second-order valence-corrected chi connectivity index (χ2v) is 11.3. The molecular weight excluding hydrogens is 567 g/mol. The highest BCUT2D eigenvalue weighted by Crippen LogP contribution is 2.32. The third kappa shape index (κ3) is 8.22. The zero-order valence-corrected chi connectivity index (χ0v) is 23.4. The summed E-state index contributed by atoms with van der Waals surface area (Å²) < 4.78 is 66.2. The number of carbonyl (C=O) groups excluding carboxylic acids is 2. The lowest BCUT2D eigenvalue weighted by Gasteiger charge is -2.33. The van der Waals surface area contributed by atoms with Gasteiger partial charge in [0, 0.05) is 24.5 Å². The summed E-state index contributed by atoms with van der Waals surface area (Å²) in [4.78, 5) is 28.4. The first-order valence-corrected chi connectivity index (χ1v) is 14.5. The monoisotopic (exact) mass is 595 g/mol. The summed E-state index contributed by atoms with van der Waals surface area (Å²) in [6.45, 7) is 1.01. The van der Waals surface area contributed by atoms with E-state index in [1.165, 1.54) is 11.0 Å². The van der Waals surface area contributed by atoms with Gasteiger partial charge in [-0.25, -0.2) is 8.42 Å². The molecule has 0 aromatic heterocycles. The van der Waals surface area contributed by atoms with Crippen LogP contribution in [0, 0.1) is 0 Å². The summed E-state index contributed by atoms with van der Waals surface area (Å²) in [5, 5.41) is 3.04. The fourth-order valence-corrected chi connectivity index (χ4v) is 5.14. The van der Waals surface area contributed by atoms with Crippen molar-refractivity contribution < 1.29 is 31.2 Å². The maximum absolute atomic E-state index is 13.9. The zero-order chi connectivity index (χ0) is 29.5. The molecule has 0 saturated carbocycles. The Hall–Kier alpha value is -3.57. The van der Waals surface area contributed by atoms with Crippen LogP contribution >= 0.6 is 11.6 Å². The third-order valence-corrected chi connectivity index (χ3v) is 7.57. The Kier molecular flexibility index (Phi) is 10.2. The molecule has 3 rings (SSSR count). The number of carbonyl (C=O) groups is 2. The predicted molar refractivity (Wildman–Crippen MR) is 148 cm³/mol. The van der Waals surface area contributed by atoms with Crippen molar-refractivity contribution in [1.29, 1.82) is 0 Å². The van der Waals surface area contributed by atoms with E-state index in [0.717, 1.165) is 24.0 Å². The summed E-state index contributed by atoms with van der Waals surface area (Å²) in [7, 11) is -4.21. The van der Waals surface area contributed by atoms with Crippen molar-refractivity contribution in [2.45, 2.75) is 32.1 Å². The number of hydrogen-bond acceptors (Lipinski definition) is 4. The Morgan fingerprint density at radius 1 is 0.975 bits per heavy atom. The van der Waals surface area contributed by atoms with Crippen molar-refractivity contribution in [2.24, 2.45) is 0 Å². The molecule has 0 unspecified atom stereocenters. The van der Waals surface area contributed by atoms with E-state index in [0.29, 0.717) is 21.0 Å². The van der Waals surface area contributed by atoms with Gasteiger partial charge < -0.3 is 10.2 Å². The lowest BCUT2D eigenvalue weighted by atomic mass is 10.0. The lowest BCUT2D eigenvalue weighted by Crippen LogP contribution is -2.53. The molecule has 0 heterocycles. The fraction of sp³-hybridized carbons (Fsp3) is 0.286. The molecule has 1 atom stereocenters. The van der Waals surface area contributed by atoms with Crippen LogP contribution in [-0.4, -0.2) is 50.5 Å². The highest BCUT2D eigenvalue weighted by molar-refractivity contribution is 7.92. The minimum absolute atomic E-state index is 0.102. The van der Waals surface area contributed by atoms with Crippen molar-refractivity contribution in [1.82, 2.24) is 10.2 Å². The molecule has 214 valence electrons. The second-order valence-electron chi connectivity index (χ2n) is 9.03. The van der Waals surface area contributed by atoms with E-state index in [1.54, 1.807) is 61.5 Å². The molecule has 0 bridgehead atoms. The Labute approximate surface area is 236 Å². The molecular formula is C28H29ClF3N3O4S. The summed E-state index contributed by atoms with van der Waals surface area (Å²) in [5.41, 5.74) is -0.150. The normalized spacial score (nSPS) is 12.4. The number of nitrogens with zero attached hydrogens (tertiary/aromatic N) is 2. The molecule has 0 aliphatic heterocycles. The van der Waals surface area contributed by atoms with Crippen LogP contribution in [0.2, 0.25) is 5.02 Å². The molecule has 7 nitrogen and oxygen atoms in total. The van der Waals surface area contributed by atoms with Gasteiger partial charge in [0.15, 0.2) is 0 Å². The first-order valence-electron chi connectivity index (χ1n) is 12.3. The molecule has 0 aliphatic rings. The minimum atomic E-state index is -4.72. The third-order valence-electron chi connectivity index (χ3n) is 6.06. The van der Waals surface area contributed by atoms with Gasteiger partial charge in [-0.05, 0) is 42.3 Å². The number of halogens is 4. The molecule has 12 heteroatoms. The molecule has 3 aromatic carbocycles. The first-order chi connectivity index (χ1) is 18.8. The van der Waals surface area contributed by atoms with Crippen LogP contribution in [0.5, 0.6) is 0 Å². The van der Waals surface area contributed by atoms with Crippen LogP contribution in [0.15, 0.2) is 78.9 Å². The maximum atomic E-state index is 13.9. The van der Waals surface area contributed by atoms with Crippen molar-refractivity contribution in [3.05, 3.63) is 101 Å². The molecule has 1 N–H and O–H groups in total. The molecule has 0 spiro atoms. The predicted octanol–water partition coefficient (Wildman–Crippen LogP) is 4.90. The number of alkyl halides is 3. The van der Waals surface area contributed by atoms with Gasteiger partial charge in [0.05, 0.1) is 17.5 Å². The lowest BCUT2D eigenvalue weighted by molar-refractivity contribution is -0.140. The van der Waals surface area contributed by atoms with E-state index in [9.17, 15) is 31.2 Å². The average molecular weight is 596 g/mol. The van der Waals surface area contributed by atoms with Crippen LogP contribution in [0.1, 0.15) is 23.6 Å². The van der Waals surface area contributed by atoms with E-state index in [1.807, 2.05) is 0 Å². The highest BCUT2D eigenvalue weighted by atomic mass is 35.5. The summed E-state index contributed by atoms with van der Waals surface area (Å²) in [6, 6.07) is 18.3. The van der Waals surface area contributed by atoms with E-state index in [-0.39, 0.29) is 25.2 Å². The van der Waals surface area contributed by atoms with E-state index in [4.69, 9.17) is 11.6 Å². The van der Waals surface area contributed by atoms with Gasteiger partial charge in [-0.15, -0.1) is 0 Å². The van der Waals surface area contributed by atoms with Crippen LogP contribution in [0.4, 0.5) is 18.9 Å². The van der Waals surface area contributed by atoms with Crippen LogP contribution in [-0.2, 0) is 38.8 Å². The quantitative estimate of drug-likeness (QED) is 0.342. The number of likely N-dealkylation sites (N-methyl/N-ethyl adjacent to an activating group) is 1. The van der Waals surface area contributed by atoms with Crippen LogP contribution in [0.3, 0.4) is 0 Å². The van der Waals surface area contributed by atoms with Gasteiger partial charge in [-0.1, -0.05) is 66.2 Å². The molecule has 2 amide bonds. The smallest absolute Gasteiger partial charge is 0.355 e. The second kappa shape index (κ2) is 13.2. The Balaban J connectivity index is 2.07. The van der Waals surface area contributed by atoms with Crippen molar-refractivity contribution in [3.8, 4) is 0 Å². The number of hydrogen-bond donors (Lipinski definition) is 1. The average Bonchev–Trinajstić information content (AvgIpc) is 2.89. The molecule has 0 saturated heterocycles. The van der Waals surface area contributed by atoms with Crippen molar-refractivity contribution in [3.63, 3.8) is 0 Å². The molecule has 40 heavy (non-hydrogen) atoms. The number of anilines is 1. The minimum Gasteiger partial charge on any atom is -0.355 e. The standard InChI is InChI=1S/C28H29ClF3N3O4S/c1-3-33-27(37)25(16-20-10-5-4-6-11-20)34(18-21-12-7-8-15-24(21)29)26(36)19-35(40(2,38)39)23-14-9-13-22(17-23)28(30,31)32/h4-15,17,25H,3,16,18-19H2,1-2H3,(H,33,37)/t25-/m1/s1. The van der Waals surface area contributed by atoms with Gasteiger partial charge in [0.2, 0.25) is 21.8 Å². The van der Waals surface area contributed by atoms with Gasteiger partial charge in [0.25, 0.3) is 0 Å². The summed E-state index contributed by atoms with van der Waals surface area (Å²) in [6.07, 6.45) is -3.83. The number of nitrogens with one attached hydrogen (secondary N) is 1. The van der Waals surface area contributed by atoms with Crippen molar-refractivity contribution >= 4 is 39.1 Å². The summed E-state index contributed by atoms with van der Waals surface area (Å²) in [5.74, 6) is -1.27. The zero-order valence-electron chi connectivity index (χ0n) is 21.9. The molecule has 0 radical (unpaired) electrons. The highest BCUT2D eigenvalue weighted by Gasteiger charge is 2.35. The Morgan fingerprint density at radius 2 is 1.62 bits per heavy atom. The first kappa shape index (κ1) is 31.0. The maximum Gasteiger partial charge on any atom is 0.416 e. The molecule has 3 aromatic rings. The Morgan fingerprint density at radius 3 is 2.23 bits per heavy atom. The topological polar surface area (TPSA) is 86.8 Å². The molecule has 0 aliphatic carbocycles. The van der Waals surface area contributed by atoms with Crippen molar-refractivity contribution in [2.75, 3.05) is 23.7 Å². The number of amides is 2. The van der Waals surface area contributed by atoms with Gasteiger partial charge in [-0.2, -0.15) is 13.2 Å². The van der Waals surface area contributed by atoms with Crippen LogP contribution in [0.25, 0.3) is 0 Å². The summed E-state index contributed by atoms with van der Waals surface area (Å²) >= 11 is 6.36. The van der Waals surface area contributed by atoms with E-state index in [2.05, 4.69) is 5.32 Å². The van der Waals surface area contributed by atoms with E-state index >= 15 is 0 Å². The van der Waals surface area contributed by atoms with Gasteiger partial charge in [0.1, 0.15) is 12.6 Å². The van der Waals surface area contributed by atoms with Gasteiger partial charge >= 0.3 is 6.18 Å². The number of benzene rings is 3. The number of sulfonamides is 1. The van der Waals surface area contributed by atoms with Gasteiger partial charge in [-0.3, -0.25) is 13.9 Å². The SMILES string of the molecule is CCNC(=O)[C@@H](Cc1ccccc1)N(Cc1ccccc1Cl)C(=O)CN(c1cccc(C(F)(F)F)c1)S(C)(=O)=O. The fourth-order valence-electron chi connectivity index (χ4n) is 4.11. The number of rotatable bonds is 11. The Bertz CT molecular complexity index is 1440. The van der Waals surface area contributed by atoms with Crippen LogP contribution < -0.4 is 9.62 Å². The molecule has 0 fully saturated rings.